The van der Waals surface area contributed by atoms with Gasteiger partial charge in [-0.3, -0.25) is 0 Å². The normalized spacial score (nSPS) is 13.4. The molecular formula is C28H34NOSi2+. The predicted molar refractivity (Wildman–Crippen MR) is 144 cm³/mol. The Morgan fingerprint density at radius 2 is 1.53 bits per heavy atom. The number of rotatable bonds is 2. The van der Waals surface area contributed by atoms with Crippen LogP contribution in [0.25, 0.3) is 32.8 Å². The summed E-state index contributed by atoms with van der Waals surface area (Å²) >= 11 is 0. The van der Waals surface area contributed by atoms with E-state index in [2.05, 4.69) is 107 Å². The molecule has 0 radical (unpaired) electrons. The van der Waals surface area contributed by atoms with Gasteiger partial charge in [0.25, 0.3) is 0 Å². The number of aryl methyl sites for hydroxylation is 3. The van der Waals surface area contributed by atoms with Crippen LogP contribution in [0.4, 0.5) is 0 Å². The molecule has 3 aromatic carbocycles. The first-order chi connectivity index (χ1) is 14.9. The Balaban J connectivity index is 2.01. The molecule has 164 valence electrons. The lowest BCUT2D eigenvalue weighted by atomic mass is 9.91. The average Bonchev–Trinajstić information content (AvgIpc) is 2.68. The summed E-state index contributed by atoms with van der Waals surface area (Å²) in [6.07, 6.45) is 2.22. The molecule has 0 saturated carbocycles. The first-order valence-corrected chi connectivity index (χ1v) is 18.6. The highest BCUT2D eigenvalue weighted by Crippen LogP contribution is 2.48. The van der Waals surface area contributed by atoms with Gasteiger partial charge >= 0.3 is 0 Å². The molecular weight excluding hydrogens is 422 g/mol. The molecule has 0 aliphatic carbocycles. The molecule has 32 heavy (non-hydrogen) atoms. The molecule has 2 heterocycles. The van der Waals surface area contributed by atoms with Crippen molar-refractivity contribution in [3.8, 4) is 22.8 Å². The minimum atomic E-state index is -1.71. The second kappa shape index (κ2) is 6.78. The van der Waals surface area contributed by atoms with Crippen LogP contribution in [0.2, 0.25) is 39.3 Å². The van der Waals surface area contributed by atoms with E-state index in [9.17, 15) is 0 Å². The molecule has 5 rings (SSSR count). The van der Waals surface area contributed by atoms with Crippen molar-refractivity contribution in [3.63, 3.8) is 0 Å². The minimum Gasteiger partial charge on any atom is -0.456 e. The molecule has 0 saturated heterocycles. The molecule has 0 N–H and O–H groups in total. The van der Waals surface area contributed by atoms with Gasteiger partial charge in [0.2, 0.25) is 5.69 Å². The van der Waals surface area contributed by atoms with Gasteiger partial charge in [0.15, 0.2) is 6.20 Å². The van der Waals surface area contributed by atoms with Crippen LogP contribution >= 0.6 is 0 Å². The Labute approximate surface area is 193 Å². The number of aromatic nitrogens is 1. The average molecular weight is 457 g/mol. The Bertz CT molecular complexity index is 1440. The zero-order valence-electron chi connectivity index (χ0n) is 20.9. The van der Waals surface area contributed by atoms with Crippen molar-refractivity contribution in [2.24, 2.45) is 7.05 Å². The lowest BCUT2D eigenvalue weighted by Gasteiger charge is -2.30. The Hall–Kier alpha value is -2.44. The molecule has 0 unspecified atom stereocenters. The number of ether oxygens (including phenoxy) is 1. The van der Waals surface area contributed by atoms with E-state index in [-0.39, 0.29) is 0 Å². The van der Waals surface area contributed by atoms with Gasteiger partial charge in [-0.05, 0) is 46.8 Å². The number of pyridine rings is 1. The number of hydrogen-bond donors (Lipinski definition) is 0. The van der Waals surface area contributed by atoms with Crippen LogP contribution in [0.5, 0.6) is 11.5 Å². The molecule has 0 spiro atoms. The van der Waals surface area contributed by atoms with Crippen molar-refractivity contribution in [1.29, 1.82) is 0 Å². The highest BCUT2D eigenvalue weighted by molar-refractivity contribution is 6.91. The first-order valence-electron chi connectivity index (χ1n) is 11.6. The summed E-state index contributed by atoms with van der Waals surface area (Å²) in [5.74, 6) is 2.13. The molecule has 0 bridgehead atoms. The smallest absolute Gasteiger partial charge is 0.228 e. The highest BCUT2D eigenvalue weighted by Gasteiger charge is 2.37. The number of nitrogens with zero attached hydrogens (tertiary/aromatic N) is 1. The van der Waals surface area contributed by atoms with Crippen LogP contribution in [-0.4, -0.2) is 16.1 Å². The van der Waals surface area contributed by atoms with Crippen molar-refractivity contribution in [2.45, 2.75) is 53.1 Å². The third-order valence-corrected chi connectivity index (χ3v) is 11.0. The van der Waals surface area contributed by atoms with Gasteiger partial charge in [-0.15, -0.1) is 0 Å². The van der Waals surface area contributed by atoms with E-state index in [0.29, 0.717) is 0 Å². The van der Waals surface area contributed by atoms with Gasteiger partial charge in [0.05, 0.1) is 27.1 Å². The fourth-order valence-corrected chi connectivity index (χ4v) is 8.30. The van der Waals surface area contributed by atoms with Crippen molar-refractivity contribution >= 4 is 48.1 Å². The number of benzene rings is 3. The standard InChI is InChI=1S/C28H34NOSi2/c1-17-10-11-21-22(14-17)18(2)24-26-25-19(12-13-29(26)3)15-20(31(4,5)6)16-23(25)30-27(24)28(21)32(7,8)9/h10-16H,1-9H3/q+1. The van der Waals surface area contributed by atoms with Gasteiger partial charge in [0, 0.05) is 6.07 Å². The quantitative estimate of drug-likeness (QED) is 0.224. The second-order valence-corrected chi connectivity index (χ2v) is 21.6. The molecule has 2 nitrogen and oxygen atoms in total. The van der Waals surface area contributed by atoms with E-state index < -0.39 is 16.1 Å². The van der Waals surface area contributed by atoms with Gasteiger partial charge < -0.3 is 4.74 Å². The maximum atomic E-state index is 6.96. The molecule has 1 aromatic heterocycles. The van der Waals surface area contributed by atoms with Crippen molar-refractivity contribution in [2.75, 3.05) is 0 Å². The first kappa shape index (κ1) is 21.4. The van der Waals surface area contributed by atoms with Crippen LogP contribution in [0.1, 0.15) is 11.1 Å². The summed E-state index contributed by atoms with van der Waals surface area (Å²) in [5.41, 5.74) is 5.20. The molecule has 0 amide bonds. The molecule has 1 aliphatic heterocycles. The van der Waals surface area contributed by atoms with Crippen LogP contribution in [0, 0.1) is 13.8 Å². The molecule has 4 aromatic rings. The van der Waals surface area contributed by atoms with Crippen LogP contribution < -0.4 is 19.7 Å². The SMILES string of the molecule is Cc1ccc2c([Si](C)(C)C)c3c(c(C)c2c1)-c1c2c(cc([Si](C)(C)C)cc2cc[n+]1C)O3. The molecule has 0 atom stereocenters. The van der Waals surface area contributed by atoms with E-state index in [1.165, 1.54) is 54.3 Å². The third-order valence-electron chi connectivity index (χ3n) is 6.94. The minimum absolute atomic E-state index is 1.03. The molecule has 0 fully saturated rings. The van der Waals surface area contributed by atoms with E-state index in [4.69, 9.17) is 4.74 Å². The number of fused-ring (bicyclic) bond motifs is 3. The molecule has 4 heteroatoms. The zero-order valence-corrected chi connectivity index (χ0v) is 22.9. The number of hydrogen-bond acceptors (Lipinski definition) is 1. The van der Waals surface area contributed by atoms with Gasteiger partial charge in [0.1, 0.15) is 18.5 Å². The van der Waals surface area contributed by atoms with Gasteiger partial charge in [-0.2, -0.15) is 0 Å². The monoisotopic (exact) mass is 456 g/mol. The second-order valence-electron chi connectivity index (χ2n) is 11.6. The Morgan fingerprint density at radius 3 is 2.19 bits per heavy atom. The lowest BCUT2D eigenvalue weighted by molar-refractivity contribution is -0.659. The summed E-state index contributed by atoms with van der Waals surface area (Å²) in [5, 5.41) is 8.16. The lowest BCUT2D eigenvalue weighted by Crippen LogP contribution is -2.41. The maximum absolute atomic E-state index is 6.96. The van der Waals surface area contributed by atoms with Crippen molar-refractivity contribution < 1.29 is 9.30 Å². The summed E-state index contributed by atoms with van der Waals surface area (Å²) in [6.45, 7) is 19.0. The fourth-order valence-electron chi connectivity index (χ4n) is 5.26. The summed E-state index contributed by atoms with van der Waals surface area (Å²) in [7, 11) is -1.03. The van der Waals surface area contributed by atoms with Crippen LogP contribution in [0.15, 0.2) is 42.6 Å². The fraction of sp³-hybridized carbons (Fsp3) is 0.321. The van der Waals surface area contributed by atoms with E-state index >= 15 is 0 Å². The Kier molecular flexibility index (Phi) is 4.54. The topological polar surface area (TPSA) is 13.1 Å². The highest BCUT2D eigenvalue weighted by atomic mass is 28.3. The zero-order chi connectivity index (χ0) is 23.2. The van der Waals surface area contributed by atoms with Crippen LogP contribution in [0.3, 0.4) is 0 Å². The van der Waals surface area contributed by atoms with E-state index in [1.807, 2.05) is 0 Å². The third kappa shape index (κ3) is 3.07. The maximum Gasteiger partial charge on any atom is 0.228 e. The largest absolute Gasteiger partial charge is 0.456 e. The summed E-state index contributed by atoms with van der Waals surface area (Å²) in [6, 6.07) is 13.9. The van der Waals surface area contributed by atoms with Gasteiger partial charge in [-0.25, -0.2) is 4.57 Å². The van der Waals surface area contributed by atoms with Crippen molar-refractivity contribution in [3.05, 3.63) is 53.7 Å². The van der Waals surface area contributed by atoms with Gasteiger partial charge in [-0.1, -0.05) is 74.3 Å². The van der Waals surface area contributed by atoms with Crippen molar-refractivity contribution in [1.82, 2.24) is 0 Å². The summed E-state index contributed by atoms with van der Waals surface area (Å²) < 4.78 is 9.26. The summed E-state index contributed by atoms with van der Waals surface area (Å²) in [4.78, 5) is 0. The molecule has 1 aliphatic rings. The van der Waals surface area contributed by atoms with Crippen LogP contribution in [-0.2, 0) is 7.05 Å². The van der Waals surface area contributed by atoms with E-state index in [0.717, 1.165) is 11.5 Å². The Morgan fingerprint density at radius 1 is 0.812 bits per heavy atom. The van der Waals surface area contributed by atoms with E-state index in [1.54, 1.807) is 0 Å². The predicted octanol–water partition coefficient (Wildman–Crippen LogP) is 6.30.